The summed E-state index contributed by atoms with van der Waals surface area (Å²) in [5, 5.41) is 0. The van der Waals surface area contributed by atoms with Crippen molar-refractivity contribution in [2.24, 2.45) is 5.92 Å². The fraction of sp³-hybridized carbons (Fsp3) is 0.333. The molecule has 6 nitrogen and oxygen atoms in total. The SMILES string of the molecule is COc1ccc2c(c1)CCCC(c1ccnc(OC)c1)=C2c1ccn2cc(CN3CC(CF)C3)nc2c1. The van der Waals surface area contributed by atoms with E-state index >= 15 is 0 Å². The number of ether oxygens (including phenoxy) is 2. The maximum absolute atomic E-state index is 12.8. The Hall–Kier alpha value is -3.71. The lowest BCUT2D eigenvalue weighted by Gasteiger charge is -2.37. The van der Waals surface area contributed by atoms with Gasteiger partial charge in [0.05, 0.1) is 26.6 Å². The van der Waals surface area contributed by atoms with Gasteiger partial charge >= 0.3 is 0 Å². The van der Waals surface area contributed by atoms with Gasteiger partial charge in [-0.2, -0.15) is 0 Å². The molecule has 0 radical (unpaired) electrons. The predicted octanol–water partition coefficient (Wildman–Crippen LogP) is 5.44. The highest BCUT2D eigenvalue weighted by Crippen LogP contribution is 2.41. The van der Waals surface area contributed by atoms with Crippen molar-refractivity contribution in [3.8, 4) is 11.6 Å². The zero-order chi connectivity index (χ0) is 25.4. The number of alkyl halides is 1. The smallest absolute Gasteiger partial charge is 0.213 e. The first-order valence-corrected chi connectivity index (χ1v) is 12.8. The van der Waals surface area contributed by atoms with Gasteiger partial charge in [-0.15, -0.1) is 0 Å². The summed E-state index contributed by atoms with van der Waals surface area (Å²) in [4.78, 5) is 11.5. The molecule has 37 heavy (non-hydrogen) atoms. The number of allylic oxidation sites excluding steroid dienone is 1. The molecule has 1 aliphatic heterocycles. The fourth-order valence-electron chi connectivity index (χ4n) is 5.62. The van der Waals surface area contributed by atoms with E-state index in [1.54, 1.807) is 14.2 Å². The molecule has 0 amide bonds. The molecule has 1 saturated heterocycles. The second-order valence-electron chi connectivity index (χ2n) is 9.94. The third-order valence-electron chi connectivity index (χ3n) is 7.48. The topological polar surface area (TPSA) is 51.9 Å². The molecule has 0 spiro atoms. The molecular formula is C30H31FN4O2. The number of nitrogens with zero attached hydrogens (tertiary/aromatic N) is 4. The number of fused-ring (bicyclic) bond motifs is 2. The van der Waals surface area contributed by atoms with E-state index in [0.717, 1.165) is 67.1 Å². The molecule has 0 saturated carbocycles. The number of aromatic nitrogens is 3. The van der Waals surface area contributed by atoms with Gasteiger partial charge in [-0.25, -0.2) is 9.97 Å². The Balaban J connectivity index is 1.46. The van der Waals surface area contributed by atoms with Gasteiger partial charge in [-0.1, -0.05) is 6.07 Å². The van der Waals surface area contributed by atoms with Crippen molar-refractivity contribution in [3.63, 3.8) is 0 Å². The summed E-state index contributed by atoms with van der Waals surface area (Å²) in [6.07, 6.45) is 8.94. The lowest BCUT2D eigenvalue weighted by Crippen LogP contribution is -2.46. The lowest BCUT2D eigenvalue weighted by atomic mass is 9.88. The molecule has 0 bridgehead atoms. The minimum atomic E-state index is -0.237. The molecule has 0 unspecified atom stereocenters. The molecule has 4 heterocycles. The highest BCUT2D eigenvalue weighted by molar-refractivity contribution is 6.00. The molecule has 0 atom stereocenters. The molecule has 1 aromatic carbocycles. The monoisotopic (exact) mass is 498 g/mol. The van der Waals surface area contributed by atoms with Crippen LogP contribution in [-0.4, -0.2) is 53.3 Å². The quantitative estimate of drug-likeness (QED) is 0.340. The number of methoxy groups -OCH3 is 2. The number of pyridine rings is 2. The van der Waals surface area contributed by atoms with E-state index in [4.69, 9.17) is 14.5 Å². The Kier molecular flexibility index (Phi) is 6.38. The van der Waals surface area contributed by atoms with Crippen LogP contribution in [0.1, 0.15) is 40.8 Å². The lowest BCUT2D eigenvalue weighted by molar-refractivity contribution is 0.0727. The van der Waals surface area contributed by atoms with E-state index in [2.05, 4.69) is 57.0 Å². The van der Waals surface area contributed by atoms with Crippen LogP contribution in [0.3, 0.4) is 0 Å². The van der Waals surface area contributed by atoms with Gasteiger partial charge in [0.2, 0.25) is 5.88 Å². The number of rotatable bonds is 7. The van der Waals surface area contributed by atoms with E-state index in [0.29, 0.717) is 5.88 Å². The van der Waals surface area contributed by atoms with Crippen LogP contribution in [0.4, 0.5) is 4.39 Å². The molecule has 0 N–H and O–H groups in total. The van der Waals surface area contributed by atoms with Crippen molar-refractivity contribution in [2.45, 2.75) is 25.8 Å². The summed E-state index contributed by atoms with van der Waals surface area (Å²) in [5.74, 6) is 1.66. The molecule has 190 valence electrons. The van der Waals surface area contributed by atoms with E-state index < -0.39 is 0 Å². The van der Waals surface area contributed by atoms with Crippen LogP contribution in [0.15, 0.2) is 61.1 Å². The van der Waals surface area contributed by atoms with Crippen LogP contribution in [0.25, 0.3) is 16.8 Å². The summed E-state index contributed by atoms with van der Waals surface area (Å²) in [7, 11) is 3.36. The van der Waals surface area contributed by atoms with Gasteiger partial charge in [0.15, 0.2) is 0 Å². The van der Waals surface area contributed by atoms with E-state index in [1.807, 2.05) is 18.3 Å². The maximum Gasteiger partial charge on any atom is 0.213 e. The first-order chi connectivity index (χ1) is 18.1. The zero-order valence-electron chi connectivity index (χ0n) is 21.3. The van der Waals surface area contributed by atoms with Gasteiger partial charge < -0.3 is 13.9 Å². The summed E-state index contributed by atoms with van der Waals surface area (Å²) in [6, 6.07) is 14.8. The van der Waals surface area contributed by atoms with Crippen molar-refractivity contribution in [1.29, 1.82) is 0 Å². The van der Waals surface area contributed by atoms with Crippen molar-refractivity contribution in [3.05, 3.63) is 89.0 Å². The number of benzene rings is 1. The van der Waals surface area contributed by atoms with Gasteiger partial charge in [-0.05, 0) is 83.0 Å². The van der Waals surface area contributed by atoms with Crippen LogP contribution in [0, 0.1) is 5.92 Å². The average molecular weight is 499 g/mol. The zero-order valence-corrected chi connectivity index (χ0v) is 21.3. The van der Waals surface area contributed by atoms with Crippen molar-refractivity contribution in [1.82, 2.24) is 19.3 Å². The first-order valence-electron chi connectivity index (χ1n) is 12.8. The molecular weight excluding hydrogens is 467 g/mol. The number of imidazole rings is 1. The molecule has 7 heteroatoms. The van der Waals surface area contributed by atoms with Crippen molar-refractivity contribution in [2.75, 3.05) is 34.0 Å². The molecule has 1 fully saturated rings. The Labute approximate surface area is 216 Å². The first kappa shape index (κ1) is 23.7. The number of hydrogen-bond acceptors (Lipinski definition) is 5. The third-order valence-corrected chi connectivity index (χ3v) is 7.48. The van der Waals surface area contributed by atoms with Crippen molar-refractivity contribution < 1.29 is 13.9 Å². The number of hydrogen-bond donors (Lipinski definition) is 0. The Morgan fingerprint density at radius 2 is 1.89 bits per heavy atom. The number of aryl methyl sites for hydroxylation is 1. The predicted molar refractivity (Wildman–Crippen MR) is 143 cm³/mol. The van der Waals surface area contributed by atoms with E-state index in [1.165, 1.54) is 22.3 Å². The summed E-state index contributed by atoms with van der Waals surface area (Å²) in [5.41, 5.74) is 9.16. The van der Waals surface area contributed by atoms with Crippen LogP contribution in [0.2, 0.25) is 0 Å². The van der Waals surface area contributed by atoms with Gasteiger partial charge in [0.1, 0.15) is 11.4 Å². The number of likely N-dealkylation sites (tertiary alicyclic amines) is 1. The van der Waals surface area contributed by atoms with E-state index in [-0.39, 0.29) is 12.6 Å². The van der Waals surface area contributed by atoms with Crippen LogP contribution in [0.5, 0.6) is 11.6 Å². The maximum atomic E-state index is 12.8. The summed E-state index contributed by atoms with van der Waals surface area (Å²) < 4.78 is 25.9. The van der Waals surface area contributed by atoms with Crippen LogP contribution in [-0.2, 0) is 13.0 Å². The highest BCUT2D eigenvalue weighted by Gasteiger charge is 2.27. The Bertz CT molecular complexity index is 1470. The van der Waals surface area contributed by atoms with Crippen LogP contribution >= 0.6 is 0 Å². The van der Waals surface area contributed by atoms with Gasteiger partial charge in [0, 0.05) is 50.2 Å². The third kappa shape index (κ3) is 4.60. The molecule has 2 aliphatic rings. The second kappa shape index (κ2) is 9.98. The normalized spacial score (nSPS) is 16.4. The largest absolute Gasteiger partial charge is 0.497 e. The Morgan fingerprint density at radius 1 is 1.00 bits per heavy atom. The molecule has 4 aromatic rings. The fourth-order valence-corrected chi connectivity index (χ4v) is 5.62. The second-order valence-corrected chi connectivity index (χ2v) is 9.94. The molecule has 1 aliphatic carbocycles. The minimum Gasteiger partial charge on any atom is -0.497 e. The van der Waals surface area contributed by atoms with E-state index in [9.17, 15) is 4.39 Å². The molecule has 6 rings (SSSR count). The van der Waals surface area contributed by atoms with Crippen molar-refractivity contribution >= 4 is 16.8 Å². The summed E-state index contributed by atoms with van der Waals surface area (Å²) in [6.45, 7) is 2.13. The highest BCUT2D eigenvalue weighted by atomic mass is 19.1. The van der Waals surface area contributed by atoms with Crippen LogP contribution < -0.4 is 9.47 Å². The minimum absolute atomic E-state index is 0.176. The Morgan fingerprint density at radius 3 is 2.70 bits per heavy atom. The number of halogens is 1. The standard InChI is InChI=1S/C30H31FN4O2/c1-36-25-6-7-27-21(12-25)4-3-5-26(22-8-10-32-29(14-22)37-2)30(27)23-9-11-35-19-24(33-28(35)13-23)18-34-16-20(15-31)17-34/h6-14,19-20H,3-5,15-18H2,1-2H3. The van der Waals surface area contributed by atoms with Gasteiger partial charge in [0.25, 0.3) is 0 Å². The van der Waals surface area contributed by atoms with Gasteiger partial charge in [-0.3, -0.25) is 9.29 Å². The molecule has 3 aromatic heterocycles. The average Bonchev–Trinajstić information content (AvgIpc) is 3.21. The summed E-state index contributed by atoms with van der Waals surface area (Å²) >= 11 is 0.